The van der Waals surface area contributed by atoms with E-state index in [1.54, 1.807) is 13.8 Å². The summed E-state index contributed by atoms with van der Waals surface area (Å²) in [6, 6.07) is 10.3. The fourth-order valence-electron chi connectivity index (χ4n) is 2.32. The fourth-order valence-corrected chi connectivity index (χ4v) is 3.03. The standard InChI is InChI=1S/C22H32O6Si/c1-21(2,28-17-18-10-7-6-8-11-18)12-9-13-22(26,16-19(23)24)20(25)27-14-15-29(3,4)5/h6-8,10-11,26H,13-17H2,1-5H3,(H,23,24)/t22-/m1/s1. The van der Waals surface area contributed by atoms with Gasteiger partial charge in [0.2, 0.25) is 0 Å². The molecule has 1 aromatic carbocycles. The Morgan fingerprint density at radius 1 is 1.14 bits per heavy atom. The van der Waals surface area contributed by atoms with E-state index in [0.717, 1.165) is 11.6 Å². The van der Waals surface area contributed by atoms with Crippen LogP contribution in [0.4, 0.5) is 0 Å². The second kappa shape index (κ2) is 10.6. The molecular weight excluding hydrogens is 388 g/mol. The van der Waals surface area contributed by atoms with Gasteiger partial charge in [-0.05, 0) is 25.5 Å². The summed E-state index contributed by atoms with van der Waals surface area (Å²) in [6.07, 6.45) is -1.11. The molecular formula is C22H32O6Si. The monoisotopic (exact) mass is 420 g/mol. The lowest BCUT2D eigenvalue weighted by Gasteiger charge is -2.24. The van der Waals surface area contributed by atoms with Crippen LogP contribution >= 0.6 is 0 Å². The van der Waals surface area contributed by atoms with Gasteiger partial charge in [0.05, 0.1) is 19.6 Å². The molecule has 0 spiro atoms. The molecule has 29 heavy (non-hydrogen) atoms. The average Bonchev–Trinajstić information content (AvgIpc) is 2.59. The summed E-state index contributed by atoms with van der Waals surface area (Å²) in [5.41, 5.74) is -2.02. The summed E-state index contributed by atoms with van der Waals surface area (Å²) in [6.45, 7) is 10.5. The topological polar surface area (TPSA) is 93.1 Å². The predicted octanol–water partition coefficient (Wildman–Crippen LogP) is 3.46. The lowest BCUT2D eigenvalue weighted by Crippen LogP contribution is -2.42. The van der Waals surface area contributed by atoms with Crippen molar-refractivity contribution in [2.24, 2.45) is 0 Å². The number of carboxylic acid groups (broad SMARTS) is 1. The molecule has 1 atom stereocenters. The van der Waals surface area contributed by atoms with Crippen molar-refractivity contribution in [3.05, 3.63) is 35.9 Å². The summed E-state index contributed by atoms with van der Waals surface area (Å²) in [7, 11) is -1.42. The van der Waals surface area contributed by atoms with Gasteiger partial charge in [-0.1, -0.05) is 61.8 Å². The predicted molar refractivity (Wildman–Crippen MR) is 114 cm³/mol. The molecule has 1 aromatic rings. The Balaban J connectivity index is 2.74. The van der Waals surface area contributed by atoms with E-state index < -0.39 is 37.6 Å². The van der Waals surface area contributed by atoms with Crippen LogP contribution in [0.2, 0.25) is 25.7 Å². The van der Waals surface area contributed by atoms with Crippen LogP contribution in [0.1, 0.15) is 32.3 Å². The zero-order chi connectivity index (χ0) is 22.1. The quantitative estimate of drug-likeness (QED) is 0.342. The highest BCUT2D eigenvalue weighted by Gasteiger charge is 2.40. The first-order valence-corrected chi connectivity index (χ1v) is 13.3. The zero-order valence-electron chi connectivity index (χ0n) is 17.9. The van der Waals surface area contributed by atoms with E-state index in [1.807, 2.05) is 30.3 Å². The van der Waals surface area contributed by atoms with Crippen molar-refractivity contribution in [1.29, 1.82) is 0 Å². The van der Waals surface area contributed by atoms with E-state index >= 15 is 0 Å². The Morgan fingerprint density at radius 3 is 2.31 bits per heavy atom. The molecule has 0 aliphatic carbocycles. The second-order valence-corrected chi connectivity index (χ2v) is 14.4. The molecule has 7 heteroatoms. The minimum atomic E-state index is -2.19. The van der Waals surface area contributed by atoms with Gasteiger partial charge in [0, 0.05) is 14.5 Å². The fraction of sp³-hybridized carbons (Fsp3) is 0.545. The maximum absolute atomic E-state index is 12.3. The molecule has 0 saturated heterocycles. The molecule has 1 rings (SSSR count). The van der Waals surface area contributed by atoms with Crippen LogP contribution in [0.3, 0.4) is 0 Å². The van der Waals surface area contributed by atoms with Gasteiger partial charge in [-0.2, -0.15) is 0 Å². The molecule has 0 aromatic heterocycles. The van der Waals surface area contributed by atoms with Crippen LogP contribution in [0, 0.1) is 11.8 Å². The molecule has 0 bridgehead atoms. The highest BCUT2D eigenvalue weighted by atomic mass is 28.3. The van der Waals surface area contributed by atoms with Crippen LogP contribution in [0.25, 0.3) is 0 Å². The molecule has 6 nitrogen and oxygen atoms in total. The number of carbonyl (C=O) groups is 2. The van der Waals surface area contributed by atoms with Crippen molar-refractivity contribution in [2.45, 2.75) is 70.2 Å². The SMILES string of the molecule is CC(C)(C#CC[C@@](O)(CC(=O)O)C(=O)OCC[Si](C)(C)C)OCc1ccccc1. The van der Waals surface area contributed by atoms with Crippen LogP contribution in [-0.4, -0.2) is 48.0 Å². The van der Waals surface area contributed by atoms with Gasteiger partial charge in [0.1, 0.15) is 5.60 Å². The van der Waals surface area contributed by atoms with Crippen LogP contribution in [0.15, 0.2) is 30.3 Å². The van der Waals surface area contributed by atoms with Crippen LogP contribution in [0.5, 0.6) is 0 Å². The minimum absolute atomic E-state index is 0.162. The van der Waals surface area contributed by atoms with Crippen molar-refractivity contribution in [3.63, 3.8) is 0 Å². The molecule has 0 amide bonds. The number of hydrogen-bond acceptors (Lipinski definition) is 5. The second-order valence-electron chi connectivity index (χ2n) is 8.81. The first-order valence-electron chi connectivity index (χ1n) is 9.62. The van der Waals surface area contributed by atoms with Gasteiger partial charge in [-0.15, -0.1) is 0 Å². The van der Waals surface area contributed by atoms with Gasteiger partial charge in [-0.3, -0.25) is 4.79 Å². The maximum atomic E-state index is 12.3. The van der Waals surface area contributed by atoms with Crippen molar-refractivity contribution >= 4 is 20.0 Å². The molecule has 0 heterocycles. The Bertz CT molecular complexity index is 742. The molecule has 0 aliphatic rings. The third-order valence-electron chi connectivity index (χ3n) is 4.12. The zero-order valence-corrected chi connectivity index (χ0v) is 18.9. The lowest BCUT2D eigenvalue weighted by atomic mass is 9.95. The summed E-state index contributed by atoms with van der Waals surface area (Å²) < 4.78 is 10.9. The summed E-state index contributed by atoms with van der Waals surface area (Å²) in [5, 5.41) is 19.7. The highest BCUT2D eigenvalue weighted by Crippen LogP contribution is 2.19. The van der Waals surface area contributed by atoms with E-state index in [4.69, 9.17) is 14.6 Å². The van der Waals surface area contributed by atoms with E-state index in [1.165, 1.54) is 0 Å². The molecule has 0 saturated carbocycles. The maximum Gasteiger partial charge on any atom is 0.339 e. The number of rotatable bonds is 10. The summed E-state index contributed by atoms with van der Waals surface area (Å²) in [4.78, 5) is 23.5. The highest BCUT2D eigenvalue weighted by molar-refractivity contribution is 6.76. The first kappa shape index (κ1) is 24.9. The minimum Gasteiger partial charge on any atom is -0.481 e. The number of hydrogen-bond donors (Lipinski definition) is 2. The van der Waals surface area contributed by atoms with Crippen molar-refractivity contribution in [3.8, 4) is 11.8 Å². The molecule has 0 aliphatic heterocycles. The Morgan fingerprint density at radius 2 is 1.76 bits per heavy atom. The normalized spacial score (nSPS) is 13.7. The van der Waals surface area contributed by atoms with E-state index in [-0.39, 0.29) is 13.0 Å². The number of benzene rings is 1. The van der Waals surface area contributed by atoms with Crippen molar-refractivity contribution in [2.75, 3.05) is 6.61 Å². The molecule has 0 fully saturated rings. The van der Waals surface area contributed by atoms with Gasteiger partial charge in [-0.25, -0.2) is 4.79 Å². The average molecular weight is 421 g/mol. The lowest BCUT2D eigenvalue weighted by molar-refractivity contribution is -0.170. The number of aliphatic hydroxyl groups is 1. The van der Waals surface area contributed by atoms with Gasteiger partial charge in [0.15, 0.2) is 5.60 Å². The van der Waals surface area contributed by atoms with E-state index in [0.29, 0.717) is 6.61 Å². The molecule has 160 valence electrons. The third-order valence-corrected chi connectivity index (χ3v) is 5.83. The number of ether oxygens (including phenoxy) is 2. The van der Waals surface area contributed by atoms with Gasteiger partial charge in [0.25, 0.3) is 0 Å². The van der Waals surface area contributed by atoms with E-state index in [2.05, 4.69) is 31.5 Å². The Labute approximate surface area is 174 Å². The summed E-state index contributed by atoms with van der Waals surface area (Å²) in [5.74, 6) is 3.34. The largest absolute Gasteiger partial charge is 0.481 e. The number of carbonyl (C=O) groups excluding carboxylic acids is 1. The van der Waals surface area contributed by atoms with Crippen LogP contribution < -0.4 is 0 Å². The molecule has 0 unspecified atom stereocenters. The third kappa shape index (κ3) is 10.3. The number of aliphatic carboxylic acids is 1. The van der Waals surface area contributed by atoms with Crippen molar-refractivity contribution in [1.82, 2.24) is 0 Å². The smallest absolute Gasteiger partial charge is 0.339 e. The Hall–Kier alpha value is -2.14. The number of esters is 1. The molecule has 2 N–H and O–H groups in total. The Kier molecular flexibility index (Phi) is 9.08. The van der Waals surface area contributed by atoms with Crippen molar-refractivity contribution < 1.29 is 29.3 Å². The van der Waals surface area contributed by atoms with Gasteiger partial charge >= 0.3 is 11.9 Å². The summed E-state index contributed by atoms with van der Waals surface area (Å²) >= 11 is 0. The van der Waals surface area contributed by atoms with E-state index in [9.17, 15) is 14.7 Å². The van der Waals surface area contributed by atoms with Gasteiger partial charge < -0.3 is 19.7 Å². The van der Waals surface area contributed by atoms with Crippen LogP contribution in [-0.2, 0) is 25.7 Å². The molecule has 0 radical (unpaired) electrons. The first-order chi connectivity index (χ1) is 13.3. The number of carboxylic acids is 1.